The van der Waals surface area contributed by atoms with Gasteiger partial charge in [-0.3, -0.25) is 0 Å². The molecule has 0 bridgehead atoms. The van der Waals surface area contributed by atoms with Crippen molar-refractivity contribution >= 4 is 6.09 Å². The van der Waals surface area contributed by atoms with E-state index in [1.54, 1.807) is 0 Å². The molecule has 4 nitrogen and oxygen atoms in total. The molecule has 23 heavy (non-hydrogen) atoms. The van der Waals surface area contributed by atoms with E-state index in [1.807, 2.05) is 25.7 Å². The average molecular weight is 325 g/mol. The number of ether oxygens (including phenoxy) is 1. The van der Waals surface area contributed by atoms with E-state index in [1.165, 1.54) is 32.1 Å². The number of amides is 1. The lowest BCUT2D eigenvalue weighted by Gasteiger charge is -2.35. The Balaban J connectivity index is 1.73. The van der Waals surface area contributed by atoms with E-state index in [4.69, 9.17) is 4.74 Å². The van der Waals surface area contributed by atoms with Gasteiger partial charge in [-0.05, 0) is 64.7 Å². The second-order valence-corrected chi connectivity index (χ2v) is 9.20. The van der Waals surface area contributed by atoms with Crippen molar-refractivity contribution in [1.82, 2.24) is 10.2 Å². The zero-order chi connectivity index (χ0) is 17.1. The zero-order valence-corrected chi connectivity index (χ0v) is 15.8. The summed E-state index contributed by atoms with van der Waals surface area (Å²) in [7, 11) is 0. The number of rotatable bonds is 2. The largest absolute Gasteiger partial charge is 0.444 e. The van der Waals surface area contributed by atoms with Gasteiger partial charge in [0.25, 0.3) is 0 Å². The van der Waals surface area contributed by atoms with E-state index in [0.29, 0.717) is 17.5 Å². The summed E-state index contributed by atoms with van der Waals surface area (Å²) in [6, 6.07) is 1.22. The lowest BCUT2D eigenvalue weighted by molar-refractivity contribution is 0.0195. The summed E-state index contributed by atoms with van der Waals surface area (Å²) in [6.07, 6.45) is 8.52. The highest BCUT2D eigenvalue weighted by Crippen LogP contribution is 2.34. The minimum Gasteiger partial charge on any atom is -0.444 e. The molecule has 0 spiro atoms. The number of hydrogen-bond acceptors (Lipinski definition) is 3. The lowest BCUT2D eigenvalue weighted by atomic mass is 9.85. The van der Waals surface area contributed by atoms with Gasteiger partial charge in [-0.25, -0.2) is 4.79 Å². The maximum atomic E-state index is 12.1. The summed E-state index contributed by atoms with van der Waals surface area (Å²) in [6.45, 7) is 12.2. The molecule has 1 saturated heterocycles. The summed E-state index contributed by atoms with van der Waals surface area (Å²) in [5, 5.41) is 3.86. The molecule has 1 aliphatic carbocycles. The summed E-state index contributed by atoms with van der Waals surface area (Å²) in [5.41, 5.74) is 0.107. The van der Waals surface area contributed by atoms with E-state index >= 15 is 0 Å². The van der Waals surface area contributed by atoms with E-state index < -0.39 is 5.60 Å². The number of nitrogens with one attached hydrogen (secondary N) is 1. The van der Waals surface area contributed by atoms with Crippen LogP contribution in [0.3, 0.4) is 0 Å². The first-order chi connectivity index (χ1) is 10.6. The number of hydrogen-bond donors (Lipinski definition) is 1. The predicted molar refractivity (Wildman–Crippen MR) is 94.6 cm³/mol. The molecule has 2 fully saturated rings. The maximum absolute atomic E-state index is 12.1. The number of piperidine rings is 1. The fourth-order valence-electron chi connectivity index (χ4n) is 3.72. The molecule has 1 unspecified atom stereocenters. The Hall–Kier alpha value is -0.770. The smallest absolute Gasteiger partial charge is 0.410 e. The monoisotopic (exact) mass is 324 g/mol. The second-order valence-electron chi connectivity index (χ2n) is 9.20. The van der Waals surface area contributed by atoms with Crippen molar-refractivity contribution in [3.8, 4) is 0 Å². The van der Waals surface area contributed by atoms with E-state index in [0.717, 1.165) is 25.9 Å². The van der Waals surface area contributed by atoms with Gasteiger partial charge in [0.15, 0.2) is 0 Å². The van der Waals surface area contributed by atoms with Crippen molar-refractivity contribution in [1.29, 1.82) is 0 Å². The number of nitrogens with zero attached hydrogens (tertiary/aromatic N) is 1. The SMILES string of the molecule is CC1(C)CCCC(NC2CCN(C(=O)OC(C)(C)C)CC2)CC1. The van der Waals surface area contributed by atoms with Gasteiger partial charge in [0.2, 0.25) is 0 Å². The van der Waals surface area contributed by atoms with Gasteiger partial charge in [-0.1, -0.05) is 20.3 Å². The third-order valence-electron chi connectivity index (χ3n) is 5.19. The molecule has 0 aromatic heterocycles. The van der Waals surface area contributed by atoms with Gasteiger partial charge in [-0.15, -0.1) is 0 Å². The first kappa shape index (κ1) is 18.6. The van der Waals surface area contributed by atoms with E-state index in [9.17, 15) is 4.79 Å². The van der Waals surface area contributed by atoms with Crippen LogP contribution in [0, 0.1) is 5.41 Å². The molecule has 0 aromatic rings. The molecule has 134 valence electrons. The van der Waals surface area contributed by atoms with Crippen LogP contribution in [-0.4, -0.2) is 41.8 Å². The van der Waals surface area contributed by atoms with Crippen LogP contribution >= 0.6 is 0 Å². The first-order valence-corrected chi connectivity index (χ1v) is 9.39. The number of likely N-dealkylation sites (tertiary alicyclic amines) is 1. The first-order valence-electron chi connectivity index (χ1n) is 9.39. The highest BCUT2D eigenvalue weighted by molar-refractivity contribution is 5.68. The number of carbonyl (C=O) groups is 1. The Morgan fingerprint density at radius 2 is 1.65 bits per heavy atom. The van der Waals surface area contributed by atoms with Crippen LogP contribution in [0.15, 0.2) is 0 Å². The molecular weight excluding hydrogens is 288 g/mol. The predicted octanol–water partition coefficient (Wildman–Crippen LogP) is 4.33. The highest BCUT2D eigenvalue weighted by atomic mass is 16.6. The highest BCUT2D eigenvalue weighted by Gasteiger charge is 2.29. The Kier molecular flexibility index (Phi) is 5.99. The third kappa shape index (κ3) is 6.33. The molecule has 1 aliphatic heterocycles. The molecule has 1 atom stereocenters. The summed E-state index contributed by atoms with van der Waals surface area (Å²) in [4.78, 5) is 14.0. The van der Waals surface area contributed by atoms with Crippen molar-refractivity contribution in [2.45, 2.75) is 97.2 Å². The number of carbonyl (C=O) groups excluding carboxylic acids is 1. The van der Waals surface area contributed by atoms with Gasteiger partial charge in [0.1, 0.15) is 5.60 Å². The minimum absolute atomic E-state index is 0.160. The summed E-state index contributed by atoms with van der Waals surface area (Å²) in [5.74, 6) is 0. The van der Waals surface area contributed by atoms with Crippen LogP contribution in [0.5, 0.6) is 0 Å². The minimum atomic E-state index is -0.403. The molecule has 1 saturated carbocycles. The van der Waals surface area contributed by atoms with Crippen LogP contribution in [0.1, 0.15) is 79.6 Å². The Bertz CT molecular complexity index is 393. The van der Waals surface area contributed by atoms with Crippen LogP contribution in [0.2, 0.25) is 0 Å². The standard InChI is InChI=1S/C19H36N2O2/c1-18(2,3)23-17(22)21-13-9-16(10-14-21)20-15-7-6-11-19(4,5)12-8-15/h15-16,20H,6-14H2,1-5H3. The van der Waals surface area contributed by atoms with Crippen molar-refractivity contribution in [3.05, 3.63) is 0 Å². The van der Waals surface area contributed by atoms with E-state index in [2.05, 4.69) is 19.2 Å². The molecule has 0 radical (unpaired) electrons. The Morgan fingerprint density at radius 3 is 2.26 bits per heavy atom. The third-order valence-corrected chi connectivity index (χ3v) is 5.19. The quantitative estimate of drug-likeness (QED) is 0.769. The van der Waals surface area contributed by atoms with Gasteiger partial charge < -0.3 is 15.0 Å². The van der Waals surface area contributed by atoms with Gasteiger partial charge in [0.05, 0.1) is 0 Å². The molecule has 4 heteroatoms. The van der Waals surface area contributed by atoms with Crippen LogP contribution in [0.4, 0.5) is 4.79 Å². The molecule has 1 N–H and O–H groups in total. The summed E-state index contributed by atoms with van der Waals surface area (Å²) >= 11 is 0. The molecule has 1 heterocycles. The fourth-order valence-corrected chi connectivity index (χ4v) is 3.72. The zero-order valence-electron chi connectivity index (χ0n) is 15.8. The van der Waals surface area contributed by atoms with Crippen molar-refractivity contribution in [2.75, 3.05) is 13.1 Å². The molecule has 1 amide bonds. The van der Waals surface area contributed by atoms with Crippen molar-refractivity contribution < 1.29 is 9.53 Å². The van der Waals surface area contributed by atoms with Crippen molar-refractivity contribution in [2.24, 2.45) is 5.41 Å². The molecule has 2 rings (SSSR count). The molecule has 2 aliphatic rings. The van der Waals surface area contributed by atoms with Gasteiger partial charge >= 0.3 is 6.09 Å². The van der Waals surface area contributed by atoms with Crippen LogP contribution < -0.4 is 5.32 Å². The molecular formula is C19H36N2O2. The van der Waals surface area contributed by atoms with Gasteiger partial charge in [0, 0.05) is 25.2 Å². The van der Waals surface area contributed by atoms with Crippen molar-refractivity contribution in [3.63, 3.8) is 0 Å². The summed E-state index contributed by atoms with van der Waals surface area (Å²) < 4.78 is 5.47. The Morgan fingerprint density at radius 1 is 1.04 bits per heavy atom. The van der Waals surface area contributed by atoms with E-state index in [-0.39, 0.29) is 6.09 Å². The fraction of sp³-hybridized carbons (Fsp3) is 0.947. The van der Waals surface area contributed by atoms with Crippen LogP contribution in [-0.2, 0) is 4.74 Å². The normalized spacial score (nSPS) is 26.7. The van der Waals surface area contributed by atoms with Gasteiger partial charge in [-0.2, -0.15) is 0 Å². The maximum Gasteiger partial charge on any atom is 0.410 e. The topological polar surface area (TPSA) is 41.6 Å². The molecule has 0 aromatic carbocycles. The Labute approximate surface area is 142 Å². The lowest BCUT2D eigenvalue weighted by Crippen LogP contribution is -2.48. The van der Waals surface area contributed by atoms with Crippen LogP contribution in [0.25, 0.3) is 0 Å². The second kappa shape index (κ2) is 7.42. The average Bonchev–Trinajstić information content (AvgIpc) is 2.59.